The molecule has 0 bridgehead atoms. The maximum atomic E-state index is 11.6. The highest BCUT2D eigenvalue weighted by Crippen LogP contribution is 2.13. The molecule has 0 fully saturated rings. The Bertz CT molecular complexity index is 198. The van der Waals surface area contributed by atoms with Crippen LogP contribution in [-0.4, -0.2) is 10.1 Å². The monoisotopic (exact) mass is 134 g/mol. The van der Waals surface area contributed by atoms with Gasteiger partial charge in [0.25, 0.3) is 0 Å². The van der Waals surface area contributed by atoms with E-state index in [2.05, 4.69) is 14.7 Å². The Hall–Kier alpha value is -1.00. The number of alkyl halides is 2. The molecule has 9 heavy (non-hydrogen) atoms. The highest BCUT2D eigenvalue weighted by atomic mass is 19.3. The van der Waals surface area contributed by atoms with E-state index in [0.29, 0.717) is 0 Å². The second kappa shape index (κ2) is 2.08. The zero-order valence-corrected chi connectivity index (χ0v) is 4.64. The molecule has 50 valence electrons. The van der Waals surface area contributed by atoms with Crippen LogP contribution >= 0.6 is 0 Å². The Morgan fingerprint density at radius 2 is 2.22 bits per heavy atom. The molecule has 0 aliphatic carbocycles. The van der Waals surface area contributed by atoms with Crippen molar-refractivity contribution in [3.8, 4) is 0 Å². The summed E-state index contributed by atoms with van der Waals surface area (Å²) >= 11 is 0. The minimum Gasteiger partial charge on any atom is -0.339 e. The topological polar surface area (TPSA) is 38.9 Å². The van der Waals surface area contributed by atoms with Crippen LogP contribution in [0.5, 0.6) is 0 Å². The average molecular weight is 134 g/mol. The molecule has 1 rings (SSSR count). The highest BCUT2D eigenvalue weighted by molar-refractivity contribution is 4.84. The third-order valence-corrected chi connectivity index (χ3v) is 0.738. The van der Waals surface area contributed by atoms with Gasteiger partial charge in [0.15, 0.2) is 0 Å². The van der Waals surface area contributed by atoms with E-state index >= 15 is 0 Å². The minimum atomic E-state index is -2.64. The number of aryl methyl sites for hydroxylation is 1. The Kier molecular flexibility index (Phi) is 1.42. The van der Waals surface area contributed by atoms with Gasteiger partial charge in [0.05, 0.1) is 0 Å². The van der Waals surface area contributed by atoms with Gasteiger partial charge in [0, 0.05) is 6.92 Å². The number of hydrogen-bond donors (Lipinski definition) is 0. The highest BCUT2D eigenvalue weighted by Gasteiger charge is 2.12. The smallest absolute Gasteiger partial charge is 0.300 e. The molecule has 0 atom stereocenters. The fourth-order valence-electron chi connectivity index (χ4n) is 0.404. The summed E-state index contributed by atoms with van der Waals surface area (Å²) in [5.74, 6) is -0.391. The van der Waals surface area contributed by atoms with Gasteiger partial charge in [0.2, 0.25) is 11.7 Å². The third kappa shape index (κ3) is 1.22. The number of nitrogens with zero attached hydrogens (tertiary/aromatic N) is 2. The lowest BCUT2D eigenvalue weighted by Crippen LogP contribution is -1.85. The number of halogens is 2. The van der Waals surface area contributed by atoms with Gasteiger partial charge < -0.3 is 4.52 Å². The van der Waals surface area contributed by atoms with Crippen molar-refractivity contribution < 1.29 is 13.3 Å². The maximum absolute atomic E-state index is 11.6. The van der Waals surface area contributed by atoms with Crippen LogP contribution in [0.3, 0.4) is 0 Å². The van der Waals surface area contributed by atoms with Gasteiger partial charge in [-0.25, -0.2) is 8.78 Å². The fourth-order valence-corrected chi connectivity index (χ4v) is 0.404. The van der Waals surface area contributed by atoms with Gasteiger partial charge >= 0.3 is 6.43 Å². The lowest BCUT2D eigenvalue weighted by atomic mass is 10.6. The maximum Gasteiger partial charge on any atom is 0.300 e. The first kappa shape index (κ1) is 6.12. The molecule has 0 spiro atoms. The minimum absolute atomic E-state index is 0.158. The van der Waals surface area contributed by atoms with Crippen molar-refractivity contribution in [1.82, 2.24) is 10.1 Å². The number of rotatable bonds is 1. The fraction of sp³-hybridized carbons (Fsp3) is 0.500. The van der Waals surface area contributed by atoms with Crippen molar-refractivity contribution in [2.45, 2.75) is 13.3 Å². The van der Waals surface area contributed by atoms with E-state index in [1.807, 2.05) is 0 Å². The van der Waals surface area contributed by atoms with Crippen LogP contribution < -0.4 is 0 Å². The average Bonchev–Trinajstić information content (AvgIpc) is 2.14. The van der Waals surface area contributed by atoms with Gasteiger partial charge in [0.1, 0.15) is 0 Å². The largest absolute Gasteiger partial charge is 0.339 e. The molecule has 0 aliphatic heterocycles. The van der Waals surface area contributed by atoms with Crippen LogP contribution in [0.25, 0.3) is 0 Å². The standard InChI is InChI=1S/C4H4F2N2O/c1-2-7-4(3(5)6)8-9-2/h3H,1H3. The van der Waals surface area contributed by atoms with Crippen LogP contribution in [-0.2, 0) is 0 Å². The SMILES string of the molecule is Cc1nc(C(F)F)no1. The van der Waals surface area contributed by atoms with E-state index in [1.165, 1.54) is 6.92 Å². The van der Waals surface area contributed by atoms with Crippen LogP contribution in [0, 0.1) is 6.92 Å². The van der Waals surface area contributed by atoms with E-state index in [4.69, 9.17) is 0 Å². The Labute approximate surface area is 49.7 Å². The normalized spacial score (nSPS) is 10.7. The van der Waals surface area contributed by atoms with Gasteiger partial charge in [-0.2, -0.15) is 4.98 Å². The summed E-state index contributed by atoms with van der Waals surface area (Å²) in [5.41, 5.74) is 0. The van der Waals surface area contributed by atoms with Crippen molar-refractivity contribution in [2.24, 2.45) is 0 Å². The summed E-state index contributed by atoms with van der Waals surface area (Å²) in [6.07, 6.45) is -2.64. The molecular weight excluding hydrogens is 130 g/mol. The molecule has 0 saturated carbocycles. The summed E-state index contributed by atoms with van der Waals surface area (Å²) in [6.45, 7) is 1.46. The molecule has 3 nitrogen and oxygen atoms in total. The van der Waals surface area contributed by atoms with Crippen molar-refractivity contribution in [3.63, 3.8) is 0 Å². The van der Waals surface area contributed by atoms with Crippen molar-refractivity contribution in [3.05, 3.63) is 11.7 Å². The van der Waals surface area contributed by atoms with E-state index in [1.54, 1.807) is 0 Å². The van der Waals surface area contributed by atoms with Gasteiger partial charge in [-0.1, -0.05) is 5.16 Å². The molecule has 1 aromatic heterocycles. The zero-order valence-electron chi connectivity index (χ0n) is 4.64. The summed E-state index contributed by atoms with van der Waals surface area (Å²) < 4.78 is 27.5. The quantitative estimate of drug-likeness (QED) is 0.581. The van der Waals surface area contributed by atoms with Gasteiger partial charge in [-0.15, -0.1) is 0 Å². The Morgan fingerprint density at radius 3 is 2.44 bits per heavy atom. The number of aromatic nitrogens is 2. The first-order valence-electron chi connectivity index (χ1n) is 2.28. The molecule has 0 N–H and O–H groups in total. The summed E-state index contributed by atoms with van der Waals surface area (Å²) in [6, 6.07) is 0. The number of hydrogen-bond acceptors (Lipinski definition) is 3. The molecule has 0 saturated heterocycles. The molecule has 0 unspecified atom stereocenters. The van der Waals surface area contributed by atoms with Gasteiger partial charge in [-0.3, -0.25) is 0 Å². The van der Waals surface area contributed by atoms with Crippen LogP contribution in [0.15, 0.2) is 4.52 Å². The van der Waals surface area contributed by atoms with E-state index in [-0.39, 0.29) is 5.89 Å². The predicted molar refractivity (Wildman–Crippen MR) is 24.0 cm³/mol. The molecule has 1 heterocycles. The molecular formula is C4H4F2N2O. The van der Waals surface area contributed by atoms with Crippen LogP contribution in [0.2, 0.25) is 0 Å². The van der Waals surface area contributed by atoms with Gasteiger partial charge in [-0.05, 0) is 0 Å². The summed E-state index contributed by atoms with van der Waals surface area (Å²) in [5, 5.41) is 2.98. The van der Waals surface area contributed by atoms with Crippen molar-refractivity contribution >= 4 is 0 Å². The molecule has 0 amide bonds. The molecule has 0 aliphatic rings. The second-order valence-electron chi connectivity index (χ2n) is 1.47. The zero-order chi connectivity index (χ0) is 6.85. The summed E-state index contributed by atoms with van der Waals surface area (Å²) in [7, 11) is 0. The van der Waals surface area contributed by atoms with Crippen LogP contribution in [0.4, 0.5) is 8.78 Å². The lowest BCUT2D eigenvalue weighted by Gasteiger charge is -1.82. The van der Waals surface area contributed by atoms with Crippen molar-refractivity contribution in [2.75, 3.05) is 0 Å². The molecule has 0 aromatic carbocycles. The van der Waals surface area contributed by atoms with Crippen LogP contribution in [0.1, 0.15) is 18.1 Å². The Balaban J connectivity index is 2.85. The second-order valence-corrected chi connectivity index (χ2v) is 1.47. The lowest BCUT2D eigenvalue weighted by molar-refractivity contribution is 0.136. The van der Waals surface area contributed by atoms with Crippen molar-refractivity contribution in [1.29, 1.82) is 0 Å². The van der Waals surface area contributed by atoms with E-state index in [0.717, 1.165) is 0 Å². The molecule has 0 radical (unpaired) electrons. The Morgan fingerprint density at radius 1 is 1.56 bits per heavy atom. The summed E-state index contributed by atoms with van der Waals surface area (Å²) in [4.78, 5) is 3.28. The van der Waals surface area contributed by atoms with E-state index in [9.17, 15) is 8.78 Å². The predicted octanol–water partition coefficient (Wildman–Crippen LogP) is 1.32. The third-order valence-electron chi connectivity index (χ3n) is 0.738. The molecule has 5 heteroatoms. The molecule has 1 aromatic rings. The first-order chi connectivity index (χ1) is 4.20. The van der Waals surface area contributed by atoms with E-state index < -0.39 is 12.2 Å². The first-order valence-corrected chi connectivity index (χ1v) is 2.28.